The third kappa shape index (κ3) is 4.66. The molecule has 1 aromatic heterocycles. The maximum atomic E-state index is 11.8. The van der Waals surface area contributed by atoms with Crippen LogP contribution in [0.4, 0.5) is 0 Å². The topological polar surface area (TPSA) is 69.0 Å². The molecule has 8 heteroatoms. The first-order valence-corrected chi connectivity index (χ1v) is 8.42. The van der Waals surface area contributed by atoms with E-state index in [2.05, 4.69) is 21.4 Å². The molecule has 0 aliphatic carbocycles. The summed E-state index contributed by atoms with van der Waals surface area (Å²) in [6.07, 6.45) is 5.13. The molecule has 6 nitrogen and oxygen atoms in total. The van der Waals surface area contributed by atoms with Gasteiger partial charge in [0.15, 0.2) is 11.0 Å². The summed E-state index contributed by atoms with van der Waals surface area (Å²) in [6.45, 7) is 2.22. The van der Waals surface area contributed by atoms with Crippen LogP contribution < -0.4 is 10.1 Å². The summed E-state index contributed by atoms with van der Waals surface area (Å²) in [7, 11) is 1.82. The van der Waals surface area contributed by atoms with E-state index in [4.69, 9.17) is 22.8 Å². The molecule has 1 N–H and O–H groups in total. The maximum Gasteiger partial charge on any atom is 0.234 e. The Labute approximate surface area is 149 Å². The normalized spacial score (nSPS) is 11.6. The fraction of sp³-hybridized carbons (Fsp3) is 0.312. The van der Waals surface area contributed by atoms with Gasteiger partial charge in [0.1, 0.15) is 12.4 Å². The molecular formula is C16H17ClN4O2S. The third-order valence-corrected chi connectivity index (χ3v) is 4.58. The smallest absolute Gasteiger partial charge is 0.234 e. The minimum Gasteiger partial charge on any atom is -0.484 e. The molecule has 126 valence electrons. The van der Waals surface area contributed by atoms with Crippen LogP contribution in [-0.4, -0.2) is 32.5 Å². The average Bonchev–Trinajstić information content (AvgIpc) is 2.92. The first-order valence-electron chi connectivity index (χ1n) is 7.16. The van der Waals surface area contributed by atoms with Crippen molar-refractivity contribution in [2.75, 3.05) is 6.54 Å². The highest BCUT2D eigenvalue weighted by Crippen LogP contribution is 2.25. The van der Waals surface area contributed by atoms with Gasteiger partial charge in [-0.05, 0) is 19.1 Å². The minimum atomic E-state index is -0.335. The second-order valence-electron chi connectivity index (χ2n) is 4.86. The van der Waals surface area contributed by atoms with Gasteiger partial charge in [-0.15, -0.1) is 16.6 Å². The van der Waals surface area contributed by atoms with E-state index < -0.39 is 0 Å². The maximum absolute atomic E-state index is 11.8. The number of hydrogen-bond acceptors (Lipinski definition) is 5. The van der Waals surface area contributed by atoms with E-state index in [-0.39, 0.29) is 24.3 Å². The van der Waals surface area contributed by atoms with Crippen molar-refractivity contribution < 1.29 is 9.53 Å². The molecule has 0 saturated carbocycles. The molecule has 0 spiro atoms. The number of rotatable bonds is 7. The van der Waals surface area contributed by atoms with E-state index in [1.165, 1.54) is 11.8 Å². The lowest BCUT2D eigenvalue weighted by atomic mass is 10.3. The number of carbonyl (C=O) groups is 1. The molecular weight excluding hydrogens is 348 g/mol. The molecule has 0 aliphatic heterocycles. The first-order chi connectivity index (χ1) is 11.5. The van der Waals surface area contributed by atoms with Crippen LogP contribution in [0.5, 0.6) is 5.75 Å². The van der Waals surface area contributed by atoms with E-state index in [9.17, 15) is 4.79 Å². The zero-order chi connectivity index (χ0) is 17.5. The molecule has 24 heavy (non-hydrogen) atoms. The Morgan fingerprint density at radius 3 is 2.96 bits per heavy atom. The highest BCUT2D eigenvalue weighted by molar-refractivity contribution is 8.00. The van der Waals surface area contributed by atoms with Gasteiger partial charge in [-0.25, -0.2) is 0 Å². The number of ether oxygens (including phenoxy) is 1. The summed E-state index contributed by atoms with van der Waals surface area (Å²) in [5.41, 5.74) is 0. The Morgan fingerprint density at radius 2 is 2.25 bits per heavy atom. The molecule has 1 aromatic carbocycles. The fourth-order valence-electron chi connectivity index (χ4n) is 1.77. The second kappa shape index (κ2) is 8.62. The van der Waals surface area contributed by atoms with Crippen LogP contribution in [0, 0.1) is 12.3 Å². The molecule has 1 heterocycles. The Kier molecular flexibility index (Phi) is 6.53. The van der Waals surface area contributed by atoms with Crippen molar-refractivity contribution >= 4 is 29.3 Å². The van der Waals surface area contributed by atoms with Gasteiger partial charge < -0.3 is 14.6 Å². The lowest BCUT2D eigenvalue weighted by Crippen LogP contribution is -2.31. The number of carbonyl (C=O) groups excluding carboxylic acids is 1. The summed E-state index contributed by atoms with van der Waals surface area (Å²) in [5, 5.41) is 11.7. The minimum absolute atomic E-state index is 0.144. The molecule has 1 atom stereocenters. The van der Waals surface area contributed by atoms with Crippen molar-refractivity contribution in [2.45, 2.75) is 23.9 Å². The van der Waals surface area contributed by atoms with E-state index in [1.54, 1.807) is 23.6 Å². The first kappa shape index (κ1) is 18.2. The van der Waals surface area contributed by atoms with Gasteiger partial charge >= 0.3 is 0 Å². The van der Waals surface area contributed by atoms with Gasteiger partial charge in [-0.3, -0.25) is 4.79 Å². The molecule has 0 radical (unpaired) electrons. The van der Waals surface area contributed by atoms with E-state index in [0.717, 1.165) is 0 Å². The van der Waals surface area contributed by atoms with Crippen molar-refractivity contribution in [1.82, 2.24) is 20.1 Å². The van der Waals surface area contributed by atoms with Crippen LogP contribution in [0.15, 0.2) is 29.4 Å². The van der Waals surface area contributed by atoms with Crippen molar-refractivity contribution in [3.8, 4) is 18.1 Å². The summed E-state index contributed by atoms with van der Waals surface area (Å²) < 4.78 is 7.44. The molecule has 1 unspecified atom stereocenters. The summed E-state index contributed by atoms with van der Waals surface area (Å²) in [6, 6.07) is 7.21. The van der Waals surface area contributed by atoms with E-state index >= 15 is 0 Å². The Hall–Kier alpha value is -2.17. The van der Waals surface area contributed by atoms with Gasteiger partial charge in [0.2, 0.25) is 5.91 Å². The van der Waals surface area contributed by atoms with Gasteiger partial charge in [-0.2, -0.15) is 0 Å². The van der Waals surface area contributed by atoms with E-state index in [1.807, 2.05) is 19.2 Å². The van der Waals surface area contributed by atoms with Crippen LogP contribution >= 0.6 is 23.4 Å². The third-order valence-electron chi connectivity index (χ3n) is 3.13. The molecule has 0 aliphatic rings. The van der Waals surface area contributed by atoms with Gasteiger partial charge in [0.25, 0.3) is 0 Å². The van der Waals surface area contributed by atoms with Gasteiger partial charge in [0.05, 0.1) is 16.8 Å². The number of amides is 1. The van der Waals surface area contributed by atoms with Crippen molar-refractivity contribution in [3.05, 3.63) is 35.1 Å². The Morgan fingerprint density at radius 1 is 1.50 bits per heavy atom. The van der Waals surface area contributed by atoms with Crippen LogP contribution in [0.3, 0.4) is 0 Å². The highest BCUT2D eigenvalue weighted by Gasteiger charge is 2.18. The quantitative estimate of drug-likeness (QED) is 0.603. The lowest BCUT2D eigenvalue weighted by Gasteiger charge is -2.10. The number of benzene rings is 1. The lowest BCUT2D eigenvalue weighted by molar-refractivity contribution is -0.120. The summed E-state index contributed by atoms with van der Waals surface area (Å²) >= 11 is 7.35. The van der Waals surface area contributed by atoms with Crippen LogP contribution in [0.1, 0.15) is 12.7 Å². The van der Waals surface area contributed by atoms with Crippen LogP contribution in [0.2, 0.25) is 5.02 Å². The number of para-hydroxylation sites is 1. The number of terminal acetylenes is 1. The Bertz CT molecular complexity index is 757. The average molecular weight is 365 g/mol. The number of thioether (sulfide) groups is 1. The number of nitrogens with one attached hydrogen (secondary N) is 1. The predicted octanol–water partition coefficient (Wildman–Crippen LogP) is 2.28. The number of halogens is 1. The molecule has 2 rings (SSSR count). The number of aromatic nitrogens is 3. The largest absolute Gasteiger partial charge is 0.484 e. The van der Waals surface area contributed by atoms with Crippen molar-refractivity contribution in [2.24, 2.45) is 7.05 Å². The second-order valence-corrected chi connectivity index (χ2v) is 6.57. The molecule has 2 aromatic rings. The number of hydrogen-bond donors (Lipinski definition) is 1. The zero-order valence-corrected chi connectivity index (χ0v) is 14.9. The fourth-order valence-corrected chi connectivity index (χ4v) is 2.82. The molecule has 0 fully saturated rings. The van der Waals surface area contributed by atoms with Crippen LogP contribution in [-0.2, 0) is 18.4 Å². The molecule has 0 bridgehead atoms. The van der Waals surface area contributed by atoms with Crippen molar-refractivity contribution in [3.63, 3.8) is 0 Å². The highest BCUT2D eigenvalue weighted by atomic mass is 35.5. The van der Waals surface area contributed by atoms with Crippen LogP contribution in [0.25, 0.3) is 0 Å². The number of nitrogens with zero attached hydrogens (tertiary/aromatic N) is 3. The SMILES string of the molecule is C#CCNC(=O)C(C)Sc1nnc(COc2ccccc2Cl)n1C. The summed E-state index contributed by atoms with van der Waals surface area (Å²) in [4.78, 5) is 11.8. The van der Waals surface area contributed by atoms with Crippen molar-refractivity contribution in [1.29, 1.82) is 0 Å². The predicted molar refractivity (Wildman–Crippen MR) is 93.9 cm³/mol. The molecule has 1 amide bonds. The standard InChI is InChI=1S/C16H17ClN4O2S/c1-4-9-18-15(22)11(2)24-16-20-19-14(21(16)3)10-23-13-8-6-5-7-12(13)17/h1,5-8,11H,9-10H2,2-3H3,(H,18,22). The van der Waals surface area contributed by atoms with Gasteiger partial charge in [0, 0.05) is 7.05 Å². The van der Waals surface area contributed by atoms with E-state index in [0.29, 0.717) is 21.8 Å². The van der Waals surface area contributed by atoms with Gasteiger partial charge in [-0.1, -0.05) is 41.4 Å². The Balaban J connectivity index is 1.97. The monoisotopic (exact) mass is 364 g/mol. The zero-order valence-electron chi connectivity index (χ0n) is 13.3. The molecule has 0 saturated heterocycles. The summed E-state index contributed by atoms with van der Waals surface area (Å²) in [5.74, 6) is 3.44.